The summed E-state index contributed by atoms with van der Waals surface area (Å²) in [6.07, 6.45) is 29.9. The van der Waals surface area contributed by atoms with Crippen LogP contribution in [0.3, 0.4) is 0 Å². The topological polar surface area (TPSA) is 32.3 Å². The van der Waals surface area contributed by atoms with Crippen molar-refractivity contribution in [3.63, 3.8) is 0 Å². The SMILES string of the molecule is CCCCCCCCCC/C=C/CCCCCCC1NC=C[N+]1(CC)CCO. The predicted molar refractivity (Wildman–Crippen MR) is 123 cm³/mol. The molecule has 0 aromatic carbocycles. The lowest BCUT2D eigenvalue weighted by molar-refractivity contribution is -0.900. The van der Waals surface area contributed by atoms with E-state index in [1.165, 1.54) is 96.3 Å². The Morgan fingerprint density at radius 2 is 1.39 bits per heavy atom. The van der Waals surface area contributed by atoms with Gasteiger partial charge in [-0.15, -0.1) is 0 Å². The van der Waals surface area contributed by atoms with Gasteiger partial charge in [-0.25, -0.2) is 0 Å². The van der Waals surface area contributed by atoms with Gasteiger partial charge >= 0.3 is 0 Å². The highest BCUT2D eigenvalue weighted by Crippen LogP contribution is 2.22. The highest BCUT2D eigenvalue weighted by Gasteiger charge is 2.35. The number of aliphatic hydroxyl groups excluding tert-OH is 1. The number of rotatable bonds is 19. The van der Waals surface area contributed by atoms with E-state index in [0.717, 1.165) is 17.6 Å². The van der Waals surface area contributed by atoms with Crippen molar-refractivity contribution < 1.29 is 9.59 Å². The van der Waals surface area contributed by atoms with Gasteiger partial charge in [0.2, 0.25) is 0 Å². The fourth-order valence-electron chi connectivity index (χ4n) is 4.38. The molecular weight excluding hydrogens is 344 g/mol. The van der Waals surface area contributed by atoms with Gasteiger partial charge in [0, 0.05) is 6.42 Å². The molecule has 3 nitrogen and oxygen atoms in total. The highest BCUT2D eigenvalue weighted by molar-refractivity contribution is 4.84. The van der Waals surface area contributed by atoms with Crippen LogP contribution in [0.4, 0.5) is 0 Å². The first-order valence-electron chi connectivity index (χ1n) is 12.3. The third-order valence-electron chi connectivity index (χ3n) is 6.38. The predicted octanol–water partition coefficient (Wildman–Crippen LogP) is 6.64. The van der Waals surface area contributed by atoms with Gasteiger partial charge in [-0.05, 0) is 39.0 Å². The summed E-state index contributed by atoms with van der Waals surface area (Å²) < 4.78 is 0.901. The monoisotopic (exact) mass is 393 g/mol. The van der Waals surface area contributed by atoms with Gasteiger partial charge in [0.15, 0.2) is 6.17 Å². The van der Waals surface area contributed by atoms with Crippen molar-refractivity contribution in [2.45, 2.75) is 116 Å². The third kappa shape index (κ3) is 10.7. The van der Waals surface area contributed by atoms with Crippen LogP contribution in [0, 0.1) is 0 Å². The van der Waals surface area contributed by atoms with Gasteiger partial charge in [-0.2, -0.15) is 0 Å². The summed E-state index contributed by atoms with van der Waals surface area (Å²) in [7, 11) is 0. The van der Waals surface area contributed by atoms with Crippen molar-refractivity contribution in [2.75, 3.05) is 19.7 Å². The van der Waals surface area contributed by atoms with Crippen LogP contribution in [0.1, 0.15) is 110 Å². The minimum atomic E-state index is 0.266. The first-order chi connectivity index (χ1) is 13.8. The molecule has 0 aliphatic carbocycles. The summed E-state index contributed by atoms with van der Waals surface area (Å²) in [6.45, 7) is 6.65. The molecular formula is C25H49N2O+. The molecule has 0 aromatic heterocycles. The summed E-state index contributed by atoms with van der Waals surface area (Å²) in [5, 5.41) is 12.9. The van der Waals surface area contributed by atoms with Crippen molar-refractivity contribution in [3.8, 4) is 0 Å². The number of quaternary nitrogens is 1. The summed E-state index contributed by atoms with van der Waals surface area (Å²) in [6, 6.07) is 0. The van der Waals surface area contributed by atoms with Crippen molar-refractivity contribution in [1.29, 1.82) is 0 Å². The lowest BCUT2D eigenvalue weighted by Crippen LogP contribution is -2.54. The average Bonchev–Trinajstić information content (AvgIpc) is 3.11. The molecule has 0 amide bonds. The molecule has 0 aromatic rings. The van der Waals surface area contributed by atoms with Crippen LogP contribution >= 0.6 is 0 Å². The Bertz CT molecular complexity index is 407. The second-order valence-corrected chi connectivity index (χ2v) is 8.59. The normalized spacial score (nSPS) is 21.6. The van der Waals surface area contributed by atoms with Crippen molar-refractivity contribution in [1.82, 2.24) is 5.32 Å². The Kier molecular flexibility index (Phi) is 15.4. The zero-order valence-corrected chi connectivity index (χ0v) is 19.0. The van der Waals surface area contributed by atoms with Gasteiger partial charge in [-0.1, -0.05) is 76.9 Å². The third-order valence-corrected chi connectivity index (χ3v) is 6.38. The Morgan fingerprint density at radius 3 is 1.96 bits per heavy atom. The van der Waals surface area contributed by atoms with Gasteiger partial charge < -0.3 is 10.4 Å². The van der Waals surface area contributed by atoms with E-state index in [1.54, 1.807) is 0 Å². The second-order valence-electron chi connectivity index (χ2n) is 8.59. The molecule has 0 spiro atoms. The van der Waals surface area contributed by atoms with Crippen LogP contribution in [-0.4, -0.2) is 35.5 Å². The van der Waals surface area contributed by atoms with Crippen molar-refractivity contribution >= 4 is 0 Å². The quantitative estimate of drug-likeness (QED) is 0.146. The van der Waals surface area contributed by atoms with Crippen LogP contribution in [0.5, 0.6) is 0 Å². The summed E-state index contributed by atoms with van der Waals surface area (Å²) >= 11 is 0. The van der Waals surface area contributed by atoms with Crippen molar-refractivity contribution in [2.24, 2.45) is 0 Å². The molecule has 1 aliphatic rings. The maximum Gasteiger partial charge on any atom is 0.166 e. The minimum Gasteiger partial charge on any atom is -0.390 e. The number of allylic oxidation sites excluding steroid dienone is 2. The van der Waals surface area contributed by atoms with Crippen LogP contribution in [0.2, 0.25) is 0 Å². The first kappa shape index (κ1) is 25.2. The average molecular weight is 394 g/mol. The smallest absolute Gasteiger partial charge is 0.166 e. The number of nitrogens with one attached hydrogen (secondary N) is 1. The highest BCUT2D eigenvalue weighted by atomic mass is 16.3. The molecule has 0 fully saturated rings. The van der Waals surface area contributed by atoms with Gasteiger partial charge in [0.1, 0.15) is 12.7 Å². The fraction of sp³-hybridized carbons (Fsp3) is 0.840. The number of aliphatic hydroxyl groups is 1. The van der Waals surface area contributed by atoms with Gasteiger partial charge in [-0.3, -0.25) is 4.48 Å². The Labute approximate surface area is 175 Å². The lowest BCUT2D eigenvalue weighted by Gasteiger charge is -2.36. The molecule has 28 heavy (non-hydrogen) atoms. The van der Waals surface area contributed by atoms with E-state index >= 15 is 0 Å². The minimum absolute atomic E-state index is 0.266. The molecule has 3 heteroatoms. The molecule has 0 saturated heterocycles. The number of unbranched alkanes of at least 4 members (excludes halogenated alkanes) is 12. The Morgan fingerprint density at radius 1 is 0.821 bits per heavy atom. The van der Waals surface area contributed by atoms with E-state index in [0.29, 0.717) is 6.17 Å². The summed E-state index contributed by atoms with van der Waals surface area (Å²) in [4.78, 5) is 0. The van der Waals surface area contributed by atoms with E-state index in [2.05, 4.69) is 43.7 Å². The molecule has 2 atom stereocenters. The van der Waals surface area contributed by atoms with E-state index in [9.17, 15) is 5.11 Å². The molecule has 1 heterocycles. The number of hydrogen-bond acceptors (Lipinski definition) is 2. The maximum absolute atomic E-state index is 9.37. The van der Waals surface area contributed by atoms with Gasteiger partial charge in [0.25, 0.3) is 0 Å². The number of nitrogens with zero attached hydrogens (tertiary/aromatic N) is 1. The van der Waals surface area contributed by atoms with Crippen LogP contribution in [0.25, 0.3) is 0 Å². The van der Waals surface area contributed by atoms with Crippen molar-refractivity contribution in [3.05, 3.63) is 24.6 Å². The van der Waals surface area contributed by atoms with E-state index in [-0.39, 0.29) is 6.61 Å². The Balaban J connectivity index is 1.90. The fourth-order valence-corrected chi connectivity index (χ4v) is 4.38. The van der Waals surface area contributed by atoms with Crippen LogP contribution < -0.4 is 5.32 Å². The standard InChI is InChI=1S/C25H49N2O/c1-3-5-6-7-8-9-10-11-12-13-14-15-16-17-18-19-20-25-26-21-22-27(25,4-2)23-24-28/h13-14,21-22,25-26,28H,3-12,15-20,23-24H2,1-2H3/q+1/b14-13+. The Hall–Kier alpha value is -0.800. The van der Waals surface area contributed by atoms with Crippen LogP contribution in [-0.2, 0) is 0 Å². The summed E-state index contributed by atoms with van der Waals surface area (Å²) in [5.74, 6) is 0. The molecule has 0 bridgehead atoms. The van der Waals surface area contributed by atoms with E-state index < -0.39 is 0 Å². The first-order valence-corrected chi connectivity index (χ1v) is 12.3. The van der Waals surface area contributed by atoms with E-state index in [1.807, 2.05) is 0 Å². The van der Waals surface area contributed by atoms with Crippen LogP contribution in [0.15, 0.2) is 24.6 Å². The number of hydrogen-bond donors (Lipinski definition) is 2. The molecule has 0 saturated carbocycles. The zero-order chi connectivity index (χ0) is 20.3. The maximum atomic E-state index is 9.37. The molecule has 1 rings (SSSR count). The molecule has 2 N–H and O–H groups in total. The largest absolute Gasteiger partial charge is 0.390 e. The zero-order valence-electron chi connectivity index (χ0n) is 19.0. The molecule has 0 radical (unpaired) electrons. The molecule has 2 unspecified atom stereocenters. The number of likely N-dealkylation sites (N-methyl/N-ethyl adjacent to an activating group) is 1. The molecule has 164 valence electrons. The summed E-state index contributed by atoms with van der Waals surface area (Å²) in [5.41, 5.74) is 0. The molecule has 1 aliphatic heterocycles. The van der Waals surface area contributed by atoms with E-state index in [4.69, 9.17) is 0 Å². The van der Waals surface area contributed by atoms with Gasteiger partial charge in [0.05, 0.1) is 19.4 Å². The second kappa shape index (κ2) is 17.1. The lowest BCUT2D eigenvalue weighted by atomic mass is 10.1.